The van der Waals surface area contributed by atoms with Crippen LogP contribution in [0.3, 0.4) is 0 Å². The highest BCUT2D eigenvalue weighted by atomic mass is 16.5. The molecule has 7 heteroatoms. The average molecular weight is 418 g/mol. The molecule has 1 atom stereocenters. The zero-order valence-electron chi connectivity index (χ0n) is 17.8. The number of aromatic nitrogens is 2. The summed E-state index contributed by atoms with van der Waals surface area (Å²) in [6, 6.07) is 15.2. The number of hydrogen-bond donors (Lipinski definition) is 0. The van der Waals surface area contributed by atoms with Gasteiger partial charge in [-0.25, -0.2) is 4.98 Å². The quantitative estimate of drug-likeness (QED) is 0.639. The van der Waals surface area contributed by atoms with Gasteiger partial charge in [0.15, 0.2) is 0 Å². The smallest absolute Gasteiger partial charge is 0.254 e. The van der Waals surface area contributed by atoms with E-state index >= 15 is 0 Å². The Balaban J connectivity index is 1.54. The van der Waals surface area contributed by atoms with Gasteiger partial charge < -0.3 is 19.1 Å². The number of imidazole rings is 1. The maximum absolute atomic E-state index is 13.3. The summed E-state index contributed by atoms with van der Waals surface area (Å²) < 4.78 is 7.21. The van der Waals surface area contributed by atoms with Crippen molar-refractivity contribution in [3.05, 3.63) is 83.9 Å². The summed E-state index contributed by atoms with van der Waals surface area (Å²) in [5, 5.41) is 0. The first-order valence-corrected chi connectivity index (χ1v) is 10.3. The molecule has 0 bridgehead atoms. The molecule has 31 heavy (non-hydrogen) atoms. The number of carbonyl (C=O) groups excluding carboxylic acids is 2. The molecule has 0 saturated carbocycles. The van der Waals surface area contributed by atoms with Crippen LogP contribution in [-0.4, -0.2) is 57.9 Å². The first-order valence-electron chi connectivity index (χ1n) is 10.3. The molecule has 4 rings (SSSR count). The minimum Gasteiger partial charge on any atom is -0.497 e. The van der Waals surface area contributed by atoms with E-state index in [4.69, 9.17) is 4.74 Å². The third kappa shape index (κ3) is 4.60. The lowest BCUT2D eigenvalue weighted by atomic mass is 10.0. The Morgan fingerprint density at radius 3 is 2.61 bits per heavy atom. The molecule has 7 nitrogen and oxygen atoms in total. The van der Waals surface area contributed by atoms with Crippen molar-refractivity contribution < 1.29 is 14.3 Å². The molecule has 1 aliphatic heterocycles. The highest BCUT2D eigenvalue weighted by Crippen LogP contribution is 2.28. The molecule has 0 spiro atoms. The van der Waals surface area contributed by atoms with Crippen LogP contribution in [0.1, 0.15) is 34.5 Å². The molecule has 0 radical (unpaired) electrons. The molecule has 0 N–H and O–H groups in total. The van der Waals surface area contributed by atoms with Crippen molar-refractivity contribution >= 4 is 11.8 Å². The third-order valence-corrected chi connectivity index (χ3v) is 5.67. The second-order valence-electron chi connectivity index (χ2n) is 7.69. The van der Waals surface area contributed by atoms with E-state index in [9.17, 15) is 9.59 Å². The van der Waals surface area contributed by atoms with Crippen LogP contribution in [0.2, 0.25) is 0 Å². The average Bonchev–Trinajstić information content (AvgIpc) is 3.31. The number of rotatable bonds is 5. The molecule has 1 fully saturated rings. The Hall–Kier alpha value is -3.61. The summed E-state index contributed by atoms with van der Waals surface area (Å²) in [6.45, 7) is 3.71. The van der Waals surface area contributed by atoms with E-state index < -0.39 is 0 Å². The van der Waals surface area contributed by atoms with Crippen molar-refractivity contribution in [2.45, 2.75) is 19.5 Å². The van der Waals surface area contributed by atoms with Crippen LogP contribution < -0.4 is 4.74 Å². The number of carbonyl (C=O) groups is 2. The molecule has 1 unspecified atom stereocenters. The van der Waals surface area contributed by atoms with Crippen molar-refractivity contribution in [2.75, 3.05) is 26.7 Å². The first-order chi connectivity index (χ1) is 15.0. The molecule has 160 valence electrons. The molecule has 3 aromatic rings. The van der Waals surface area contributed by atoms with Gasteiger partial charge in [-0.1, -0.05) is 24.3 Å². The fraction of sp³-hybridized carbons (Fsp3) is 0.292. The Morgan fingerprint density at radius 2 is 1.94 bits per heavy atom. The monoisotopic (exact) mass is 418 g/mol. The van der Waals surface area contributed by atoms with E-state index in [1.54, 1.807) is 26.6 Å². The Kier molecular flexibility index (Phi) is 6.02. The Bertz CT molecular complexity index is 1050. The highest BCUT2D eigenvalue weighted by Gasteiger charge is 2.32. The lowest BCUT2D eigenvalue weighted by Crippen LogP contribution is -2.51. The van der Waals surface area contributed by atoms with E-state index in [0.29, 0.717) is 31.7 Å². The maximum Gasteiger partial charge on any atom is 0.254 e. The van der Waals surface area contributed by atoms with E-state index in [1.807, 2.05) is 69.1 Å². The number of benzene rings is 2. The second-order valence-corrected chi connectivity index (χ2v) is 7.69. The molecule has 1 aliphatic rings. The van der Waals surface area contributed by atoms with Crippen molar-refractivity contribution in [2.24, 2.45) is 0 Å². The van der Waals surface area contributed by atoms with Gasteiger partial charge in [0.05, 0.1) is 19.5 Å². The number of amides is 2. The third-order valence-electron chi connectivity index (χ3n) is 5.67. The van der Waals surface area contributed by atoms with Crippen LogP contribution in [0.15, 0.2) is 67.3 Å². The number of nitrogens with zero attached hydrogens (tertiary/aromatic N) is 4. The fourth-order valence-electron chi connectivity index (χ4n) is 4.03. The lowest BCUT2D eigenvalue weighted by Gasteiger charge is -2.41. The van der Waals surface area contributed by atoms with Crippen molar-refractivity contribution in [1.82, 2.24) is 19.4 Å². The number of hydrogen-bond acceptors (Lipinski definition) is 4. The molecule has 2 heterocycles. The van der Waals surface area contributed by atoms with E-state index in [-0.39, 0.29) is 17.9 Å². The van der Waals surface area contributed by atoms with Gasteiger partial charge in [-0.05, 0) is 35.4 Å². The minimum atomic E-state index is -0.185. The zero-order valence-corrected chi connectivity index (χ0v) is 17.8. The second kappa shape index (κ2) is 9.04. The summed E-state index contributed by atoms with van der Waals surface area (Å²) in [4.78, 5) is 33.3. The molecule has 1 aromatic heterocycles. The Morgan fingerprint density at radius 1 is 1.13 bits per heavy atom. The largest absolute Gasteiger partial charge is 0.497 e. The molecule has 1 saturated heterocycles. The molecular weight excluding hydrogens is 392 g/mol. The Labute approximate surface area is 181 Å². The van der Waals surface area contributed by atoms with Gasteiger partial charge in [-0.3, -0.25) is 9.59 Å². The summed E-state index contributed by atoms with van der Waals surface area (Å²) >= 11 is 0. The van der Waals surface area contributed by atoms with Gasteiger partial charge in [-0.2, -0.15) is 0 Å². The molecule has 0 aliphatic carbocycles. The minimum absolute atomic E-state index is 0.00949. The van der Waals surface area contributed by atoms with Gasteiger partial charge in [-0.15, -0.1) is 0 Å². The van der Waals surface area contributed by atoms with Crippen LogP contribution in [0.5, 0.6) is 5.75 Å². The molecule has 2 aromatic carbocycles. The van der Waals surface area contributed by atoms with Crippen LogP contribution >= 0.6 is 0 Å². The number of piperazine rings is 1. The van der Waals surface area contributed by atoms with Gasteiger partial charge in [0, 0.05) is 51.1 Å². The maximum atomic E-state index is 13.3. The lowest BCUT2D eigenvalue weighted by molar-refractivity contribution is -0.133. The summed E-state index contributed by atoms with van der Waals surface area (Å²) in [7, 11) is 1.62. The predicted octanol–water partition coefficient (Wildman–Crippen LogP) is 2.99. The van der Waals surface area contributed by atoms with Crippen molar-refractivity contribution in [3.8, 4) is 5.75 Å². The summed E-state index contributed by atoms with van der Waals surface area (Å²) in [6.07, 6.45) is 5.40. The first kappa shape index (κ1) is 20.7. The van der Waals surface area contributed by atoms with Gasteiger partial charge in [0.2, 0.25) is 5.91 Å². The van der Waals surface area contributed by atoms with Gasteiger partial charge >= 0.3 is 0 Å². The summed E-state index contributed by atoms with van der Waals surface area (Å²) in [5.41, 5.74) is 2.68. The molecule has 2 amide bonds. The van der Waals surface area contributed by atoms with Crippen LogP contribution in [0.25, 0.3) is 0 Å². The molecular formula is C24H26N4O3. The van der Waals surface area contributed by atoms with Crippen molar-refractivity contribution in [1.29, 1.82) is 0 Å². The van der Waals surface area contributed by atoms with E-state index in [2.05, 4.69) is 4.98 Å². The normalized spacial score (nSPS) is 16.3. The predicted molar refractivity (Wildman–Crippen MR) is 117 cm³/mol. The topological polar surface area (TPSA) is 67.7 Å². The zero-order chi connectivity index (χ0) is 21.8. The standard InChI is InChI=1S/C24H26N4O3/c1-18(29)28-13-12-27(16-23(28)20-6-8-22(31-2)9-7-20)24(30)21-5-3-4-19(14-21)15-26-11-10-25-17-26/h3-11,14,17,23H,12-13,15-16H2,1-2H3. The number of ether oxygens (including phenoxy) is 1. The SMILES string of the molecule is COc1ccc(C2CN(C(=O)c3cccc(Cn4ccnc4)c3)CCN2C(C)=O)cc1. The van der Waals surface area contributed by atoms with Gasteiger partial charge in [0.1, 0.15) is 5.75 Å². The van der Waals surface area contributed by atoms with Crippen molar-refractivity contribution in [3.63, 3.8) is 0 Å². The fourth-order valence-corrected chi connectivity index (χ4v) is 4.03. The highest BCUT2D eigenvalue weighted by molar-refractivity contribution is 5.94. The van der Waals surface area contributed by atoms with E-state index in [1.165, 1.54) is 0 Å². The van der Waals surface area contributed by atoms with Crippen LogP contribution in [-0.2, 0) is 11.3 Å². The van der Waals surface area contributed by atoms with Crippen LogP contribution in [0, 0.1) is 0 Å². The summed E-state index contributed by atoms with van der Waals surface area (Å²) in [5.74, 6) is 0.751. The van der Waals surface area contributed by atoms with Gasteiger partial charge in [0.25, 0.3) is 5.91 Å². The van der Waals surface area contributed by atoms with E-state index in [0.717, 1.165) is 16.9 Å². The van der Waals surface area contributed by atoms with Crippen LogP contribution in [0.4, 0.5) is 0 Å². The number of methoxy groups -OCH3 is 1.